The first-order chi connectivity index (χ1) is 9.20. The molecule has 0 spiro atoms. The van der Waals surface area contributed by atoms with Gasteiger partial charge in [-0.1, -0.05) is 13.3 Å². The lowest BCUT2D eigenvalue weighted by atomic mass is 10.00. The number of nitrogens with zero attached hydrogens (tertiary/aromatic N) is 3. The maximum absolute atomic E-state index is 4.50. The molecule has 5 heteroatoms. The van der Waals surface area contributed by atoms with Crippen LogP contribution in [-0.2, 0) is 0 Å². The molecule has 1 aromatic heterocycles. The van der Waals surface area contributed by atoms with Crippen molar-refractivity contribution in [1.82, 2.24) is 15.0 Å². The highest BCUT2D eigenvalue weighted by atomic mass is 15.5. The monoisotopic (exact) mass is 263 g/mol. The Bertz CT molecular complexity index is 385. The molecule has 0 bridgehead atoms. The van der Waals surface area contributed by atoms with E-state index >= 15 is 0 Å². The average Bonchev–Trinajstić information content (AvgIpc) is 2.41. The highest BCUT2D eigenvalue weighted by molar-refractivity contribution is 5.38. The summed E-state index contributed by atoms with van der Waals surface area (Å²) in [6.07, 6.45) is 6.66. The van der Waals surface area contributed by atoms with Crippen LogP contribution in [0.25, 0.3) is 0 Å². The van der Waals surface area contributed by atoms with Gasteiger partial charge in [0.05, 0.1) is 0 Å². The van der Waals surface area contributed by atoms with E-state index in [0.29, 0.717) is 18.0 Å². The van der Waals surface area contributed by atoms with Crippen molar-refractivity contribution in [2.75, 3.05) is 17.3 Å². The van der Waals surface area contributed by atoms with Gasteiger partial charge >= 0.3 is 0 Å². The van der Waals surface area contributed by atoms with Crippen LogP contribution < -0.4 is 10.7 Å². The topological polar surface area (TPSA) is 53.1 Å². The van der Waals surface area contributed by atoms with E-state index in [1.165, 1.54) is 19.3 Å². The van der Waals surface area contributed by atoms with Crippen LogP contribution in [0.15, 0.2) is 12.3 Å². The number of nitrogens with one attached hydrogen (secondary N) is 2. The number of hydrogen-bond donors (Lipinski definition) is 2. The SMILES string of the molecule is CCCNc1nccc(NN2C(C)CCCC2C)n1. The summed E-state index contributed by atoms with van der Waals surface area (Å²) in [6.45, 7) is 7.56. The molecule has 1 fully saturated rings. The summed E-state index contributed by atoms with van der Waals surface area (Å²) in [7, 11) is 0. The van der Waals surface area contributed by atoms with E-state index in [2.05, 4.69) is 46.5 Å². The fourth-order valence-electron chi connectivity index (χ4n) is 2.52. The second-order valence-electron chi connectivity index (χ2n) is 5.34. The molecule has 1 aromatic rings. The molecule has 1 aliphatic rings. The minimum atomic E-state index is 0.547. The molecule has 106 valence electrons. The third-order valence-corrected chi connectivity index (χ3v) is 3.63. The summed E-state index contributed by atoms with van der Waals surface area (Å²) in [6, 6.07) is 3.02. The van der Waals surface area contributed by atoms with Crippen molar-refractivity contribution in [1.29, 1.82) is 0 Å². The van der Waals surface area contributed by atoms with Gasteiger partial charge in [0.2, 0.25) is 5.95 Å². The number of hydrogen-bond acceptors (Lipinski definition) is 5. The third kappa shape index (κ3) is 3.80. The van der Waals surface area contributed by atoms with Crippen molar-refractivity contribution in [3.8, 4) is 0 Å². The molecule has 1 saturated heterocycles. The molecule has 2 rings (SSSR count). The Morgan fingerprint density at radius 1 is 1.32 bits per heavy atom. The summed E-state index contributed by atoms with van der Waals surface area (Å²) in [5.74, 6) is 1.57. The van der Waals surface area contributed by atoms with Crippen LogP contribution in [0, 0.1) is 0 Å². The summed E-state index contributed by atoms with van der Waals surface area (Å²) in [4.78, 5) is 8.73. The maximum atomic E-state index is 4.50. The van der Waals surface area contributed by atoms with Gasteiger partial charge < -0.3 is 10.7 Å². The Morgan fingerprint density at radius 3 is 2.74 bits per heavy atom. The van der Waals surface area contributed by atoms with Crippen LogP contribution in [0.1, 0.15) is 46.5 Å². The Balaban J connectivity index is 2.01. The Morgan fingerprint density at radius 2 is 2.05 bits per heavy atom. The lowest BCUT2D eigenvalue weighted by molar-refractivity contribution is 0.135. The van der Waals surface area contributed by atoms with Crippen molar-refractivity contribution >= 4 is 11.8 Å². The minimum Gasteiger partial charge on any atom is -0.354 e. The van der Waals surface area contributed by atoms with Gasteiger partial charge in [0.1, 0.15) is 5.82 Å². The van der Waals surface area contributed by atoms with Crippen molar-refractivity contribution < 1.29 is 0 Å². The Labute approximate surface area is 115 Å². The molecule has 2 atom stereocenters. The van der Waals surface area contributed by atoms with Gasteiger partial charge in [0.25, 0.3) is 0 Å². The van der Waals surface area contributed by atoms with E-state index in [1.807, 2.05) is 6.07 Å². The lowest BCUT2D eigenvalue weighted by Gasteiger charge is -2.39. The van der Waals surface area contributed by atoms with Crippen LogP contribution >= 0.6 is 0 Å². The van der Waals surface area contributed by atoms with Crippen LogP contribution in [0.5, 0.6) is 0 Å². The van der Waals surface area contributed by atoms with Gasteiger partial charge in [-0.25, -0.2) is 9.99 Å². The van der Waals surface area contributed by atoms with Gasteiger partial charge in [-0.05, 0) is 33.1 Å². The van der Waals surface area contributed by atoms with Gasteiger partial charge in [-0.15, -0.1) is 0 Å². The zero-order chi connectivity index (χ0) is 13.7. The van der Waals surface area contributed by atoms with Crippen LogP contribution in [-0.4, -0.2) is 33.6 Å². The molecule has 2 heterocycles. The molecule has 19 heavy (non-hydrogen) atoms. The van der Waals surface area contributed by atoms with Crippen molar-refractivity contribution in [2.24, 2.45) is 0 Å². The van der Waals surface area contributed by atoms with E-state index < -0.39 is 0 Å². The summed E-state index contributed by atoms with van der Waals surface area (Å²) >= 11 is 0. The van der Waals surface area contributed by atoms with Gasteiger partial charge in [0.15, 0.2) is 0 Å². The van der Waals surface area contributed by atoms with Gasteiger partial charge in [-0.3, -0.25) is 0 Å². The van der Waals surface area contributed by atoms with E-state index in [4.69, 9.17) is 0 Å². The van der Waals surface area contributed by atoms with Crippen LogP contribution in [0.4, 0.5) is 11.8 Å². The van der Waals surface area contributed by atoms with Crippen LogP contribution in [0.2, 0.25) is 0 Å². The largest absolute Gasteiger partial charge is 0.354 e. The van der Waals surface area contributed by atoms with E-state index in [9.17, 15) is 0 Å². The number of piperidine rings is 1. The van der Waals surface area contributed by atoms with Crippen molar-refractivity contribution in [3.05, 3.63) is 12.3 Å². The average molecular weight is 263 g/mol. The smallest absolute Gasteiger partial charge is 0.224 e. The Kier molecular flexibility index (Phi) is 4.96. The second kappa shape index (κ2) is 6.70. The fourth-order valence-corrected chi connectivity index (χ4v) is 2.52. The lowest BCUT2D eigenvalue weighted by Crippen LogP contribution is -2.47. The first-order valence-electron chi connectivity index (χ1n) is 7.32. The van der Waals surface area contributed by atoms with E-state index in [-0.39, 0.29) is 0 Å². The number of rotatable bonds is 5. The predicted molar refractivity (Wildman–Crippen MR) is 79.0 cm³/mol. The van der Waals surface area contributed by atoms with Gasteiger partial charge in [-0.2, -0.15) is 4.98 Å². The molecular formula is C14H25N5. The second-order valence-corrected chi connectivity index (χ2v) is 5.34. The van der Waals surface area contributed by atoms with Crippen molar-refractivity contribution in [3.63, 3.8) is 0 Å². The minimum absolute atomic E-state index is 0.547. The zero-order valence-electron chi connectivity index (χ0n) is 12.2. The summed E-state index contributed by atoms with van der Waals surface area (Å²) < 4.78 is 0. The van der Waals surface area contributed by atoms with Crippen LogP contribution in [0.3, 0.4) is 0 Å². The quantitative estimate of drug-likeness (QED) is 0.855. The molecule has 5 nitrogen and oxygen atoms in total. The standard InChI is InChI=1S/C14H25N5/c1-4-9-15-14-16-10-8-13(17-14)18-19-11(2)6-5-7-12(19)3/h8,10-12H,4-7,9H2,1-3H3,(H2,15,16,17,18). The molecule has 0 amide bonds. The zero-order valence-corrected chi connectivity index (χ0v) is 12.2. The van der Waals surface area contributed by atoms with E-state index in [1.54, 1.807) is 6.20 Å². The Hall–Kier alpha value is -1.36. The molecule has 1 aliphatic heterocycles. The molecule has 0 saturated carbocycles. The van der Waals surface area contributed by atoms with Crippen molar-refractivity contribution in [2.45, 2.75) is 58.5 Å². The molecular weight excluding hydrogens is 238 g/mol. The number of hydrazine groups is 1. The third-order valence-electron chi connectivity index (χ3n) is 3.63. The summed E-state index contributed by atoms with van der Waals surface area (Å²) in [5, 5.41) is 5.53. The normalized spacial score (nSPS) is 24.2. The highest BCUT2D eigenvalue weighted by Crippen LogP contribution is 2.22. The first-order valence-corrected chi connectivity index (χ1v) is 7.32. The molecule has 0 aliphatic carbocycles. The van der Waals surface area contributed by atoms with Gasteiger partial charge in [0, 0.05) is 30.9 Å². The summed E-state index contributed by atoms with van der Waals surface area (Å²) in [5.41, 5.74) is 3.44. The highest BCUT2D eigenvalue weighted by Gasteiger charge is 2.24. The predicted octanol–water partition coefficient (Wildman–Crippen LogP) is 2.89. The fraction of sp³-hybridized carbons (Fsp3) is 0.714. The maximum Gasteiger partial charge on any atom is 0.224 e. The molecule has 0 aromatic carbocycles. The number of aromatic nitrogens is 2. The molecule has 2 unspecified atom stereocenters. The first kappa shape index (κ1) is 14.1. The molecule has 0 radical (unpaired) electrons. The van der Waals surface area contributed by atoms with E-state index in [0.717, 1.165) is 18.8 Å². The molecule has 2 N–H and O–H groups in total. The number of anilines is 2.